The average molecular weight is 274 g/mol. The van der Waals surface area contributed by atoms with Gasteiger partial charge in [-0.1, -0.05) is 95.8 Å². The lowest BCUT2D eigenvalue weighted by Gasteiger charge is -2.02. The third-order valence-corrected chi connectivity index (χ3v) is 4.40. The van der Waals surface area contributed by atoms with Crippen LogP contribution >= 0.6 is 7.36 Å². The Hall–Kier alpha value is 0.520. The van der Waals surface area contributed by atoms with Crippen molar-refractivity contribution in [3.8, 4) is 0 Å². The molecule has 0 unspecified atom stereocenters. The van der Waals surface area contributed by atoms with Crippen molar-refractivity contribution in [3.05, 3.63) is 0 Å². The van der Waals surface area contributed by atoms with Crippen molar-refractivity contribution in [2.75, 3.05) is 6.16 Å². The second-order valence-electron chi connectivity index (χ2n) is 5.10. The maximum absolute atomic E-state index is 4.91. The molecule has 0 aromatic rings. The van der Waals surface area contributed by atoms with Crippen LogP contribution in [-0.2, 0) is 11.8 Å². The summed E-state index contributed by atoms with van der Waals surface area (Å²) in [6.07, 6.45) is 19.9. The molecule has 0 bridgehead atoms. The summed E-state index contributed by atoms with van der Waals surface area (Å²) in [6.45, 7) is 2.29. The molecule has 0 radical (unpaired) electrons. The highest BCUT2D eigenvalue weighted by atomic mass is 32.4. The molecule has 0 aliphatic heterocycles. The molecule has 0 aliphatic rings. The minimum Gasteiger partial charge on any atom is -0.0654 e. The zero-order chi connectivity index (χ0) is 12.6. The van der Waals surface area contributed by atoms with E-state index in [1.54, 1.807) is 0 Å². The van der Waals surface area contributed by atoms with Crippen molar-refractivity contribution in [2.24, 2.45) is 0 Å². The van der Waals surface area contributed by atoms with Crippen molar-refractivity contribution in [1.29, 1.82) is 0 Å². The molecule has 17 heavy (non-hydrogen) atoms. The molecule has 0 saturated heterocycles. The second-order valence-corrected chi connectivity index (χ2v) is 6.58. The highest BCUT2D eigenvalue weighted by molar-refractivity contribution is 7.96. The Balaban J connectivity index is 2.87. The van der Waals surface area contributed by atoms with Crippen molar-refractivity contribution in [2.45, 2.75) is 90.4 Å². The molecule has 0 amide bonds. The van der Waals surface area contributed by atoms with E-state index in [4.69, 9.17) is 11.8 Å². The van der Waals surface area contributed by atoms with Crippen LogP contribution in [0.2, 0.25) is 0 Å². The van der Waals surface area contributed by atoms with Crippen LogP contribution in [0.3, 0.4) is 0 Å². The second kappa shape index (κ2) is 16.5. The summed E-state index contributed by atoms with van der Waals surface area (Å²) < 4.78 is 0. The maximum atomic E-state index is 4.91. The first kappa shape index (κ1) is 17.5. The number of rotatable bonds is 14. The van der Waals surface area contributed by atoms with Crippen molar-refractivity contribution in [1.82, 2.24) is 0 Å². The van der Waals surface area contributed by atoms with Crippen molar-refractivity contribution >= 4 is 19.2 Å². The first-order valence-corrected chi connectivity index (χ1v) is 9.80. The van der Waals surface area contributed by atoms with Gasteiger partial charge in [0.2, 0.25) is 0 Å². The van der Waals surface area contributed by atoms with E-state index in [0.29, 0.717) is 0 Å². The summed E-state index contributed by atoms with van der Waals surface area (Å²) in [7, 11) is 1.16. The molecule has 0 fully saturated rings. The fourth-order valence-corrected chi connectivity index (χ4v) is 2.93. The van der Waals surface area contributed by atoms with Gasteiger partial charge in [-0.25, -0.2) is 0 Å². The van der Waals surface area contributed by atoms with Gasteiger partial charge in [0.05, 0.1) is 0 Å². The van der Waals surface area contributed by atoms with Crippen LogP contribution in [0.4, 0.5) is 0 Å². The van der Waals surface area contributed by atoms with Crippen LogP contribution in [0.25, 0.3) is 0 Å². The molecule has 2 heteroatoms. The van der Waals surface area contributed by atoms with E-state index >= 15 is 0 Å². The maximum Gasteiger partial charge on any atom is -0.000157 e. The summed E-state index contributed by atoms with van der Waals surface area (Å²) in [4.78, 5) is 0. The van der Waals surface area contributed by atoms with Gasteiger partial charge in [0.15, 0.2) is 0 Å². The minimum atomic E-state index is 1.16. The standard InChI is InChI=1S/C15H31PS/c1-2-3-4-5-6-7-8-9-10-11-12-13-14-15-16-17/h2-15H2,1H3. The lowest BCUT2D eigenvalue weighted by molar-refractivity contribution is 0.543. The van der Waals surface area contributed by atoms with Gasteiger partial charge in [0, 0.05) is 0 Å². The van der Waals surface area contributed by atoms with E-state index < -0.39 is 0 Å². The van der Waals surface area contributed by atoms with Crippen LogP contribution in [0.1, 0.15) is 90.4 Å². The number of unbranched alkanes of at least 4 members (excludes halogenated alkanes) is 12. The van der Waals surface area contributed by atoms with Gasteiger partial charge in [-0.3, -0.25) is 0 Å². The molecule has 102 valence electrons. The largest absolute Gasteiger partial charge is 0.0654 e. The number of hydrogen-bond acceptors (Lipinski definition) is 1. The van der Waals surface area contributed by atoms with E-state index in [1.165, 1.54) is 89.6 Å². The van der Waals surface area contributed by atoms with E-state index in [9.17, 15) is 0 Å². The van der Waals surface area contributed by atoms with Crippen LogP contribution in [0.15, 0.2) is 0 Å². The highest BCUT2D eigenvalue weighted by Crippen LogP contribution is 2.12. The smallest absolute Gasteiger partial charge is 0.000157 e. The monoisotopic (exact) mass is 274 g/mol. The Morgan fingerprint density at radius 1 is 0.588 bits per heavy atom. The molecule has 0 heterocycles. The normalized spacial score (nSPS) is 11.1. The summed E-state index contributed by atoms with van der Waals surface area (Å²) in [5.41, 5.74) is 0. The summed E-state index contributed by atoms with van der Waals surface area (Å²) in [6, 6.07) is 0. The van der Waals surface area contributed by atoms with Gasteiger partial charge in [-0.15, -0.1) is 0 Å². The quantitative estimate of drug-likeness (QED) is 0.258. The predicted molar refractivity (Wildman–Crippen MR) is 84.8 cm³/mol. The average Bonchev–Trinajstić information content (AvgIpc) is 2.35. The first-order valence-electron chi connectivity index (χ1n) is 7.71. The van der Waals surface area contributed by atoms with E-state index in [-0.39, 0.29) is 0 Å². The topological polar surface area (TPSA) is 0 Å². The van der Waals surface area contributed by atoms with Crippen LogP contribution < -0.4 is 0 Å². The molecular formula is C15H31PS. The molecule has 0 spiro atoms. The van der Waals surface area contributed by atoms with Crippen molar-refractivity contribution < 1.29 is 0 Å². The molecule has 0 N–H and O–H groups in total. The molecule has 0 aromatic heterocycles. The summed E-state index contributed by atoms with van der Waals surface area (Å²) in [5, 5.41) is 0. The Labute approximate surface area is 116 Å². The van der Waals surface area contributed by atoms with Crippen molar-refractivity contribution in [3.63, 3.8) is 0 Å². The van der Waals surface area contributed by atoms with Gasteiger partial charge in [-0.2, -0.15) is 0 Å². The number of hydrogen-bond donors (Lipinski definition) is 0. The fourth-order valence-electron chi connectivity index (χ4n) is 2.19. The Morgan fingerprint density at radius 2 is 0.941 bits per heavy atom. The Bertz CT molecular complexity index is 148. The lowest BCUT2D eigenvalue weighted by atomic mass is 10.1. The third kappa shape index (κ3) is 16.5. The molecule has 0 aliphatic carbocycles. The lowest BCUT2D eigenvalue weighted by Crippen LogP contribution is -1.83. The zero-order valence-electron chi connectivity index (χ0n) is 11.8. The molecule has 0 nitrogen and oxygen atoms in total. The van der Waals surface area contributed by atoms with E-state index in [1.807, 2.05) is 0 Å². The molecule has 0 saturated carbocycles. The highest BCUT2D eigenvalue weighted by Gasteiger charge is 1.93. The summed E-state index contributed by atoms with van der Waals surface area (Å²) >= 11 is 4.91. The van der Waals surface area contributed by atoms with Gasteiger partial charge in [0.1, 0.15) is 0 Å². The summed E-state index contributed by atoms with van der Waals surface area (Å²) in [5.74, 6) is 0. The Kier molecular flexibility index (Phi) is 17.0. The SMILES string of the molecule is CCCCCCCCCCCCCCCP=S. The predicted octanol–water partition coefficient (Wildman–Crippen LogP) is 6.49. The van der Waals surface area contributed by atoms with Gasteiger partial charge < -0.3 is 0 Å². The van der Waals surface area contributed by atoms with Crippen LogP contribution in [0.5, 0.6) is 0 Å². The molecular weight excluding hydrogens is 243 g/mol. The molecule has 0 rings (SSSR count). The van der Waals surface area contributed by atoms with Crippen LogP contribution in [-0.4, -0.2) is 6.16 Å². The van der Waals surface area contributed by atoms with E-state index in [2.05, 4.69) is 6.92 Å². The third-order valence-electron chi connectivity index (χ3n) is 3.35. The van der Waals surface area contributed by atoms with Gasteiger partial charge >= 0.3 is 0 Å². The van der Waals surface area contributed by atoms with E-state index in [0.717, 1.165) is 7.36 Å². The van der Waals surface area contributed by atoms with Gasteiger partial charge in [0.25, 0.3) is 0 Å². The fraction of sp³-hybridized carbons (Fsp3) is 1.00. The van der Waals surface area contributed by atoms with Gasteiger partial charge in [-0.05, 0) is 19.9 Å². The Morgan fingerprint density at radius 3 is 1.29 bits per heavy atom. The zero-order valence-corrected chi connectivity index (χ0v) is 13.5. The molecule has 0 aromatic carbocycles. The molecule has 0 atom stereocenters. The van der Waals surface area contributed by atoms with Crippen LogP contribution in [0, 0.1) is 0 Å². The minimum absolute atomic E-state index is 1.16. The first-order chi connectivity index (χ1) is 8.41.